The second-order valence-corrected chi connectivity index (χ2v) is 9.30. The van der Waals surface area contributed by atoms with Crippen LogP contribution in [0.1, 0.15) is 23.6 Å². The van der Waals surface area contributed by atoms with Crippen molar-refractivity contribution >= 4 is 38.4 Å². The number of para-hydroxylation sites is 1. The van der Waals surface area contributed by atoms with Crippen LogP contribution in [0.15, 0.2) is 65.3 Å². The average molecular weight is 536 g/mol. The van der Waals surface area contributed by atoms with Gasteiger partial charge in [0.15, 0.2) is 0 Å². The second-order valence-electron chi connectivity index (χ2n) is 8.44. The van der Waals surface area contributed by atoms with Gasteiger partial charge in [-0.2, -0.15) is 0 Å². The monoisotopic (exact) mass is 535 g/mol. The summed E-state index contributed by atoms with van der Waals surface area (Å²) in [5.74, 6) is 2.35. The summed E-state index contributed by atoms with van der Waals surface area (Å²) in [6.45, 7) is 7.60. The fraction of sp³-hybridized carbons (Fsp3) is 0.250. The fourth-order valence-electron chi connectivity index (χ4n) is 4.24. The number of amides is 1. The van der Waals surface area contributed by atoms with Gasteiger partial charge in [0.05, 0.1) is 11.6 Å². The van der Waals surface area contributed by atoms with Crippen LogP contribution in [0, 0.1) is 13.8 Å². The summed E-state index contributed by atoms with van der Waals surface area (Å²) in [7, 11) is 1.64. The summed E-state index contributed by atoms with van der Waals surface area (Å²) < 4.78 is 14.4. The van der Waals surface area contributed by atoms with E-state index in [4.69, 9.17) is 9.47 Å². The van der Waals surface area contributed by atoms with E-state index in [1.807, 2.05) is 55.7 Å². The van der Waals surface area contributed by atoms with Crippen LogP contribution < -0.4 is 20.1 Å². The Kier molecular flexibility index (Phi) is 7.66. The van der Waals surface area contributed by atoms with Crippen molar-refractivity contribution in [3.05, 3.63) is 82.0 Å². The first kappa shape index (κ1) is 24.7. The van der Waals surface area contributed by atoms with Gasteiger partial charge >= 0.3 is 0 Å². The third-order valence-corrected chi connectivity index (χ3v) is 6.47. The first-order valence-corrected chi connectivity index (χ1v) is 12.4. The molecule has 0 fully saturated rings. The molecule has 4 aromatic rings. The van der Waals surface area contributed by atoms with Crippen LogP contribution in [-0.4, -0.2) is 24.1 Å². The van der Waals surface area contributed by atoms with Crippen molar-refractivity contribution in [2.45, 2.75) is 33.9 Å². The number of fused-ring (bicyclic) bond motifs is 1. The molecule has 4 rings (SSSR count). The smallest absolute Gasteiger partial charge is 0.239 e. The molecule has 1 aromatic heterocycles. The maximum absolute atomic E-state index is 12.2. The number of likely N-dealkylation sites (N-methyl/N-ethyl adjacent to an activating group) is 1. The predicted octanol–water partition coefficient (Wildman–Crippen LogP) is 6.57. The molecule has 0 atom stereocenters. The summed E-state index contributed by atoms with van der Waals surface area (Å²) in [5.41, 5.74) is 5.29. The van der Waals surface area contributed by atoms with Gasteiger partial charge in [-0.1, -0.05) is 18.2 Å². The lowest BCUT2D eigenvalue weighted by Gasteiger charge is -2.15. The number of carbonyl (C=O) groups is 1. The molecule has 0 aliphatic heterocycles. The number of benzene rings is 3. The van der Waals surface area contributed by atoms with Gasteiger partial charge in [-0.15, -0.1) is 0 Å². The highest BCUT2D eigenvalue weighted by molar-refractivity contribution is 9.10. The minimum Gasteiger partial charge on any atom is -0.496 e. The molecule has 7 heteroatoms. The maximum Gasteiger partial charge on any atom is 0.239 e. The minimum absolute atomic E-state index is 0.0125. The molecule has 0 radical (unpaired) electrons. The van der Waals surface area contributed by atoms with Gasteiger partial charge in [-0.05, 0) is 89.8 Å². The van der Waals surface area contributed by atoms with Crippen molar-refractivity contribution in [3.8, 4) is 17.2 Å². The Morgan fingerprint density at radius 1 is 1.06 bits per heavy atom. The highest BCUT2D eigenvalue weighted by Gasteiger charge is 2.13. The quantitative estimate of drug-likeness (QED) is 0.254. The van der Waals surface area contributed by atoms with Gasteiger partial charge in [-0.3, -0.25) is 4.79 Å². The van der Waals surface area contributed by atoms with E-state index in [2.05, 4.69) is 57.0 Å². The summed E-state index contributed by atoms with van der Waals surface area (Å²) >= 11 is 3.51. The van der Waals surface area contributed by atoms with E-state index >= 15 is 0 Å². The second kappa shape index (κ2) is 10.9. The number of carbonyl (C=O) groups excluding carboxylic acids is 1. The number of rotatable bonds is 9. The van der Waals surface area contributed by atoms with Crippen molar-refractivity contribution in [3.63, 3.8) is 0 Å². The summed E-state index contributed by atoms with van der Waals surface area (Å²) in [6.07, 6.45) is 2.06. The van der Waals surface area contributed by atoms with Crippen molar-refractivity contribution in [2.75, 3.05) is 19.0 Å². The summed E-state index contributed by atoms with van der Waals surface area (Å²) in [4.78, 5) is 12.2. The molecular formula is C28H30BrN3O3. The molecule has 35 heavy (non-hydrogen) atoms. The maximum atomic E-state index is 12.2. The fourth-order valence-corrected chi connectivity index (χ4v) is 4.76. The molecule has 0 aliphatic carbocycles. The Bertz CT molecular complexity index is 1340. The molecule has 0 saturated heterocycles. The van der Waals surface area contributed by atoms with Gasteiger partial charge in [0, 0.05) is 35.9 Å². The van der Waals surface area contributed by atoms with Gasteiger partial charge < -0.3 is 24.7 Å². The molecule has 0 saturated carbocycles. The van der Waals surface area contributed by atoms with Crippen molar-refractivity contribution in [1.29, 1.82) is 0 Å². The number of aromatic nitrogens is 1. The van der Waals surface area contributed by atoms with Crippen LogP contribution in [0.2, 0.25) is 0 Å². The zero-order valence-corrected chi connectivity index (χ0v) is 22.0. The number of aryl methyl sites for hydroxylation is 2. The van der Waals surface area contributed by atoms with Gasteiger partial charge in [0.2, 0.25) is 5.91 Å². The first-order valence-electron chi connectivity index (χ1n) is 11.6. The van der Waals surface area contributed by atoms with Crippen molar-refractivity contribution in [2.24, 2.45) is 0 Å². The lowest BCUT2D eigenvalue weighted by Crippen LogP contribution is -2.26. The topological polar surface area (TPSA) is 64.5 Å². The molecule has 3 aromatic carbocycles. The Morgan fingerprint density at radius 3 is 2.49 bits per heavy atom. The van der Waals surface area contributed by atoms with Crippen molar-refractivity contribution < 1.29 is 14.3 Å². The standard InChI is InChI=1S/C28H30BrN3O3/c1-5-30-27(33)17-32-16-20(23-8-6-7-9-25(23)32)15-31-21-12-18(2)28(19(3)13-21)35-22-10-11-26(34-4)24(29)14-22/h6-14,16,31H,5,15,17H2,1-4H3,(H,30,33). The van der Waals surface area contributed by atoms with Crippen LogP contribution in [0.5, 0.6) is 17.2 Å². The summed E-state index contributed by atoms with van der Waals surface area (Å²) in [6, 6.07) is 18.0. The highest BCUT2D eigenvalue weighted by Crippen LogP contribution is 2.35. The Hall–Kier alpha value is -3.45. The number of hydrogen-bond donors (Lipinski definition) is 2. The molecule has 2 N–H and O–H groups in total. The van der Waals surface area contributed by atoms with Gasteiger partial charge in [0.25, 0.3) is 0 Å². The Morgan fingerprint density at radius 2 is 1.80 bits per heavy atom. The third kappa shape index (κ3) is 5.62. The average Bonchev–Trinajstić information content (AvgIpc) is 3.17. The van der Waals surface area contributed by atoms with Crippen LogP contribution >= 0.6 is 15.9 Å². The number of methoxy groups -OCH3 is 1. The third-order valence-electron chi connectivity index (χ3n) is 5.85. The van der Waals surface area contributed by atoms with Gasteiger partial charge in [0.1, 0.15) is 23.8 Å². The number of anilines is 1. The molecule has 0 bridgehead atoms. The highest BCUT2D eigenvalue weighted by atomic mass is 79.9. The summed E-state index contributed by atoms with van der Waals surface area (Å²) in [5, 5.41) is 7.56. The molecule has 6 nitrogen and oxygen atoms in total. The van der Waals surface area contributed by atoms with E-state index in [0.29, 0.717) is 19.6 Å². The number of nitrogens with one attached hydrogen (secondary N) is 2. The van der Waals surface area contributed by atoms with E-state index in [1.165, 1.54) is 0 Å². The molecule has 1 heterocycles. The van der Waals surface area contributed by atoms with E-state index in [9.17, 15) is 4.79 Å². The molecule has 0 spiro atoms. The Balaban J connectivity index is 1.52. The number of ether oxygens (including phenoxy) is 2. The Labute approximate surface area is 214 Å². The molecule has 0 aliphatic rings. The predicted molar refractivity (Wildman–Crippen MR) is 145 cm³/mol. The molecule has 1 amide bonds. The SMILES string of the molecule is CCNC(=O)Cn1cc(CNc2cc(C)c(Oc3ccc(OC)c(Br)c3)c(C)c2)c2ccccc21. The van der Waals surface area contributed by atoms with Gasteiger partial charge in [-0.25, -0.2) is 0 Å². The van der Waals surface area contributed by atoms with E-state index in [0.717, 1.165) is 55.0 Å². The largest absolute Gasteiger partial charge is 0.496 e. The van der Waals surface area contributed by atoms with E-state index in [1.54, 1.807) is 7.11 Å². The zero-order chi connectivity index (χ0) is 24.9. The minimum atomic E-state index is 0.0125. The van der Waals surface area contributed by atoms with Crippen LogP contribution in [0.3, 0.4) is 0 Å². The number of nitrogens with zero attached hydrogens (tertiary/aromatic N) is 1. The molecular weight excluding hydrogens is 506 g/mol. The van der Waals surface area contributed by atoms with Crippen LogP contribution in [0.25, 0.3) is 10.9 Å². The lowest BCUT2D eigenvalue weighted by molar-refractivity contribution is -0.121. The van der Waals surface area contributed by atoms with Crippen LogP contribution in [0.4, 0.5) is 5.69 Å². The molecule has 182 valence electrons. The van der Waals surface area contributed by atoms with E-state index in [-0.39, 0.29) is 5.91 Å². The molecule has 0 unspecified atom stereocenters. The normalized spacial score (nSPS) is 10.9. The number of hydrogen-bond acceptors (Lipinski definition) is 4. The zero-order valence-electron chi connectivity index (χ0n) is 20.4. The van der Waals surface area contributed by atoms with Crippen molar-refractivity contribution in [1.82, 2.24) is 9.88 Å². The first-order chi connectivity index (χ1) is 16.9. The number of halogens is 1. The van der Waals surface area contributed by atoms with Crippen LogP contribution in [-0.2, 0) is 17.9 Å². The van der Waals surface area contributed by atoms with E-state index < -0.39 is 0 Å². The lowest BCUT2D eigenvalue weighted by atomic mass is 10.1.